The van der Waals surface area contributed by atoms with Crippen molar-refractivity contribution in [3.05, 3.63) is 30.3 Å². The summed E-state index contributed by atoms with van der Waals surface area (Å²) < 4.78 is 0. The van der Waals surface area contributed by atoms with Crippen molar-refractivity contribution in [2.45, 2.75) is 53.9 Å². The largest absolute Gasteiger partial charge is 0.371 e. The lowest BCUT2D eigenvalue weighted by molar-refractivity contribution is 0.103. The van der Waals surface area contributed by atoms with Gasteiger partial charge in [-0.05, 0) is 61.7 Å². The standard InChI is InChI=1S/C20H32N2.C2H6/c1-20(2,3)18-10-12-21(13-11-18)15-17-9-14-22(16-17)19-7-5-4-6-8-19;1-2/h4-8,17-18H,9-16H2,1-3H3;1-2H3. The average molecular weight is 331 g/mol. The third-order valence-electron chi connectivity index (χ3n) is 5.74. The highest BCUT2D eigenvalue weighted by molar-refractivity contribution is 5.46. The van der Waals surface area contributed by atoms with Gasteiger partial charge in [0, 0.05) is 25.3 Å². The summed E-state index contributed by atoms with van der Waals surface area (Å²) in [6.45, 7) is 17.6. The highest BCUT2D eigenvalue weighted by Crippen LogP contribution is 2.34. The quantitative estimate of drug-likeness (QED) is 0.742. The first-order valence-corrected chi connectivity index (χ1v) is 10.0. The molecule has 3 rings (SSSR count). The third-order valence-corrected chi connectivity index (χ3v) is 5.74. The maximum Gasteiger partial charge on any atom is 0.0366 e. The second-order valence-electron chi connectivity index (χ2n) is 8.38. The third kappa shape index (κ3) is 5.24. The molecule has 2 nitrogen and oxygen atoms in total. The number of para-hydroxylation sites is 1. The minimum atomic E-state index is 0.490. The summed E-state index contributed by atoms with van der Waals surface area (Å²) in [5, 5.41) is 0. The van der Waals surface area contributed by atoms with E-state index in [1.165, 1.54) is 57.7 Å². The minimum absolute atomic E-state index is 0.490. The fourth-order valence-electron chi connectivity index (χ4n) is 4.20. The molecule has 0 N–H and O–H groups in total. The number of likely N-dealkylation sites (tertiary alicyclic amines) is 1. The molecular weight excluding hydrogens is 292 g/mol. The molecule has 24 heavy (non-hydrogen) atoms. The summed E-state index contributed by atoms with van der Waals surface area (Å²) in [6, 6.07) is 10.9. The van der Waals surface area contributed by atoms with Gasteiger partial charge in [-0.25, -0.2) is 0 Å². The van der Waals surface area contributed by atoms with Crippen molar-refractivity contribution in [2.24, 2.45) is 17.3 Å². The molecule has 2 fully saturated rings. The zero-order valence-corrected chi connectivity index (χ0v) is 16.6. The van der Waals surface area contributed by atoms with E-state index in [-0.39, 0.29) is 0 Å². The Morgan fingerprint density at radius 1 is 0.917 bits per heavy atom. The lowest BCUT2D eigenvalue weighted by Gasteiger charge is -2.39. The van der Waals surface area contributed by atoms with Crippen molar-refractivity contribution >= 4 is 5.69 Å². The molecule has 1 aromatic rings. The number of rotatable bonds is 3. The van der Waals surface area contributed by atoms with Gasteiger partial charge in [0.2, 0.25) is 0 Å². The van der Waals surface area contributed by atoms with E-state index in [2.05, 4.69) is 60.9 Å². The Kier molecular flexibility index (Phi) is 7.16. The Labute approximate surface area is 150 Å². The van der Waals surface area contributed by atoms with Gasteiger partial charge in [-0.15, -0.1) is 0 Å². The molecule has 2 aliphatic rings. The molecule has 1 aromatic carbocycles. The molecule has 0 aromatic heterocycles. The molecule has 1 atom stereocenters. The van der Waals surface area contributed by atoms with Gasteiger partial charge in [0.1, 0.15) is 0 Å². The minimum Gasteiger partial charge on any atom is -0.371 e. The second-order valence-corrected chi connectivity index (χ2v) is 8.38. The first-order valence-electron chi connectivity index (χ1n) is 10.0. The van der Waals surface area contributed by atoms with Crippen LogP contribution in [0.15, 0.2) is 30.3 Å². The topological polar surface area (TPSA) is 6.48 Å². The Morgan fingerprint density at radius 2 is 1.54 bits per heavy atom. The van der Waals surface area contributed by atoms with E-state index in [9.17, 15) is 0 Å². The lowest BCUT2D eigenvalue weighted by Crippen LogP contribution is -2.40. The molecule has 2 saturated heterocycles. The van der Waals surface area contributed by atoms with Gasteiger partial charge in [-0.2, -0.15) is 0 Å². The van der Waals surface area contributed by atoms with E-state index in [4.69, 9.17) is 0 Å². The van der Waals surface area contributed by atoms with E-state index >= 15 is 0 Å². The fraction of sp³-hybridized carbons (Fsp3) is 0.727. The van der Waals surface area contributed by atoms with Crippen LogP contribution in [0.4, 0.5) is 5.69 Å². The van der Waals surface area contributed by atoms with Crippen LogP contribution in [0.5, 0.6) is 0 Å². The monoisotopic (exact) mass is 330 g/mol. The maximum absolute atomic E-state index is 2.72. The highest BCUT2D eigenvalue weighted by Gasteiger charge is 2.31. The number of piperidine rings is 1. The summed E-state index contributed by atoms with van der Waals surface area (Å²) in [6.07, 6.45) is 4.13. The molecule has 2 heterocycles. The Morgan fingerprint density at radius 3 is 2.12 bits per heavy atom. The summed E-state index contributed by atoms with van der Waals surface area (Å²) in [4.78, 5) is 5.29. The molecule has 0 amide bonds. The van der Waals surface area contributed by atoms with Crippen molar-refractivity contribution in [3.63, 3.8) is 0 Å². The van der Waals surface area contributed by atoms with Crippen LogP contribution in [-0.2, 0) is 0 Å². The number of nitrogens with zero attached hydrogens (tertiary/aromatic N) is 2. The van der Waals surface area contributed by atoms with Gasteiger partial charge in [-0.3, -0.25) is 0 Å². The number of hydrogen-bond acceptors (Lipinski definition) is 2. The van der Waals surface area contributed by atoms with Crippen LogP contribution in [0.3, 0.4) is 0 Å². The summed E-state index contributed by atoms with van der Waals surface area (Å²) in [5.41, 5.74) is 1.89. The van der Waals surface area contributed by atoms with Gasteiger partial charge >= 0.3 is 0 Å². The Bertz CT molecular complexity index is 455. The van der Waals surface area contributed by atoms with Crippen molar-refractivity contribution in [3.8, 4) is 0 Å². The number of benzene rings is 1. The number of anilines is 1. The summed E-state index contributed by atoms with van der Waals surface area (Å²) >= 11 is 0. The van der Waals surface area contributed by atoms with Crippen LogP contribution >= 0.6 is 0 Å². The van der Waals surface area contributed by atoms with Gasteiger partial charge in [-0.1, -0.05) is 52.8 Å². The molecule has 2 aliphatic heterocycles. The van der Waals surface area contributed by atoms with Crippen LogP contribution in [0.25, 0.3) is 0 Å². The molecule has 136 valence electrons. The molecule has 0 spiro atoms. The van der Waals surface area contributed by atoms with Gasteiger partial charge in [0.15, 0.2) is 0 Å². The molecule has 0 radical (unpaired) electrons. The Hall–Kier alpha value is -1.02. The predicted molar refractivity (Wildman–Crippen MR) is 107 cm³/mol. The van der Waals surface area contributed by atoms with Crippen molar-refractivity contribution < 1.29 is 0 Å². The van der Waals surface area contributed by atoms with Crippen molar-refractivity contribution in [2.75, 3.05) is 37.6 Å². The zero-order chi connectivity index (χ0) is 17.6. The zero-order valence-electron chi connectivity index (χ0n) is 16.6. The van der Waals surface area contributed by atoms with Crippen molar-refractivity contribution in [1.82, 2.24) is 4.90 Å². The molecule has 2 heteroatoms. The molecule has 0 aliphatic carbocycles. The predicted octanol–water partition coefficient (Wildman–Crippen LogP) is 5.30. The van der Waals surface area contributed by atoms with E-state index < -0.39 is 0 Å². The SMILES string of the molecule is CC.CC(C)(C)C1CCN(CC2CCN(c3ccccc3)C2)CC1. The van der Waals surface area contributed by atoms with Crippen LogP contribution in [0.2, 0.25) is 0 Å². The van der Waals surface area contributed by atoms with E-state index in [0.717, 1.165) is 11.8 Å². The molecule has 0 saturated carbocycles. The lowest BCUT2D eigenvalue weighted by atomic mass is 9.75. The summed E-state index contributed by atoms with van der Waals surface area (Å²) in [5.74, 6) is 1.76. The van der Waals surface area contributed by atoms with Crippen molar-refractivity contribution in [1.29, 1.82) is 0 Å². The van der Waals surface area contributed by atoms with Crippen LogP contribution in [0, 0.1) is 17.3 Å². The first-order chi connectivity index (χ1) is 11.5. The van der Waals surface area contributed by atoms with E-state index in [1.54, 1.807) is 0 Å². The maximum atomic E-state index is 2.72. The average Bonchev–Trinajstić information content (AvgIpc) is 3.06. The van der Waals surface area contributed by atoms with E-state index in [1.807, 2.05) is 13.8 Å². The first kappa shape index (κ1) is 19.3. The molecular formula is C22H38N2. The second kappa shape index (κ2) is 8.89. The van der Waals surface area contributed by atoms with Gasteiger partial charge in [0.05, 0.1) is 0 Å². The van der Waals surface area contributed by atoms with Gasteiger partial charge < -0.3 is 9.80 Å². The summed E-state index contributed by atoms with van der Waals surface area (Å²) in [7, 11) is 0. The Balaban J connectivity index is 0.00000100. The molecule has 1 unspecified atom stereocenters. The highest BCUT2D eigenvalue weighted by atomic mass is 15.2. The fourth-order valence-corrected chi connectivity index (χ4v) is 4.20. The smallest absolute Gasteiger partial charge is 0.0366 e. The van der Waals surface area contributed by atoms with E-state index in [0.29, 0.717) is 5.41 Å². The normalized spacial score (nSPS) is 23.0. The van der Waals surface area contributed by atoms with Crippen LogP contribution < -0.4 is 4.90 Å². The number of hydrogen-bond donors (Lipinski definition) is 0. The molecule has 0 bridgehead atoms. The van der Waals surface area contributed by atoms with Crippen LogP contribution in [-0.4, -0.2) is 37.6 Å². The van der Waals surface area contributed by atoms with Gasteiger partial charge in [0.25, 0.3) is 0 Å². The van der Waals surface area contributed by atoms with Crippen LogP contribution in [0.1, 0.15) is 53.9 Å².